The third-order valence-corrected chi connectivity index (χ3v) is 4.56. The molecule has 0 saturated heterocycles. The van der Waals surface area contributed by atoms with Crippen molar-refractivity contribution in [3.8, 4) is 0 Å². The highest BCUT2D eigenvalue weighted by Gasteiger charge is 2.15. The second kappa shape index (κ2) is 6.87. The zero-order chi connectivity index (χ0) is 15.4. The van der Waals surface area contributed by atoms with Gasteiger partial charge < -0.3 is 11.1 Å². The van der Waals surface area contributed by atoms with Gasteiger partial charge >= 0.3 is 0 Å². The van der Waals surface area contributed by atoms with E-state index in [1.807, 2.05) is 18.2 Å². The van der Waals surface area contributed by atoms with Crippen LogP contribution in [0.5, 0.6) is 0 Å². The molecule has 0 radical (unpaired) electrons. The van der Waals surface area contributed by atoms with E-state index in [0.717, 1.165) is 23.2 Å². The van der Waals surface area contributed by atoms with Crippen molar-refractivity contribution in [1.29, 1.82) is 0 Å². The Kier molecular flexibility index (Phi) is 5.14. The largest absolute Gasteiger partial charge is 0.399 e. The number of likely N-dealkylation sites (N-methyl/N-ethyl adjacent to an activating group) is 1. The first-order chi connectivity index (χ1) is 10.0. The molecule has 5 nitrogen and oxygen atoms in total. The van der Waals surface area contributed by atoms with Crippen LogP contribution in [0.1, 0.15) is 27.2 Å². The number of hydrogen-bond acceptors (Lipinski definition) is 5. The van der Waals surface area contributed by atoms with Gasteiger partial charge in [-0.2, -0.15) is 0 Å². The van der Waals surface area contributed by atoms with Gasteiger partial charge in [-0.25, -0.2) is 4.98 Å². The third-order valence-electron chi connectivity index (χ3n) is 3.63. The zero-order valence-electron chi connectivity index (χ0n) is 12.7. The Balaban J connectivity index is 2.03. The number of benzene rings is 1. The van der Waals surface area contributed by atoms with E-state index in [-0.39, 0.29) is 5.91 Å². The second-order valence-corrected chi connectivity index (χ2v) is 6.15. The van der Waals surface area contributed by atoms with Gasteiger partial charge in [0.1, 0.15) is 0 Å². The average molecular weight is 306 g/mol. The summed E-state index contributed by atoms with van der Waals surface area (Å²) in [5.74, 6) is -0.0239. The van der Waals surface area contributed by atoms with Gasteiger partial charge in [0.2, 0.25) is 5.91 Å². The number of nitrogen functional groups attached to an aromatic ring is 1. The number of carbonyl (C=O) groups excluding carboxylic acids is 1. The summed E-state index contributed by atoms with van der Waals surface area (Å²) in [5.41, 5.74) is 7.32. The van der Waals surface area contributed by atoms with E-state index in [2.05, 4.69) is 36.0 Å². The lowest BCUT2D eigenvalue weighted by molar-refractivity contribution is -0.117. The van der Waals surface area contributed by atoms with E-state index in [1.165, 1.54) is 11.3 Å². The van der Waals surface area contributed by atoms with Crippen LogP contribution in [-0.4, -0.2) is 34.9 Å². The standard InChI is InChI=1S/C15H22N4OS/c1-4-10(3)19(5-2)9-14(20)18-15-17-12-7-6-11(16)8-13(12)21-15/h6-8,10H,4-5,9,16H2,1-3H3,(H,17,18,20). The fraction of sp³-hybridized carbons (Fsp3) is 0.467. The summed E-state index contributed by atoms with van der Waals surface area (Å²) in [6, 6.07) is 5.96. The van der Waals surface area contributed by atoms with Gasteiger partial charge in [0.05, 0.1) is 16.8 Å². The fourth-order valence-corrected chi connectivity index (χ4v) is 3.11. The number of rotatable bonds is 6. The number of nitrogens with zero attached hydrogens (tertiary/aromatic N) is 2. The van der Waals surface area contributed by atoms with Crippen molar-refractivity contribution >= 4 is 38.3 Å². The normalized spacial score (nSPS) is 12.8. The predicted octanol–water partition coefficient (Wildman–Crippen LogP) is 2.94. The zero-order valence-corrected chi connectivity index (χ0v) is 13.5. The Hall–Kier alpha value is -1.66. The summed E-state index contributed by atoms with van der Waals surface area (Å²) < 4.78 is 0.986. The number of thiazole rings is 1. The van der Waals surface area contributed by atoms with Gasteiger partial charge in [0.25, 0.3) is 0 Å². The molecule has 0 bridgehead atoms. The SMILES string of the molecule is CCC(C)N(CC)CC(=O)Nc1nc2ccc(N)cc2s1. The van der Waals surface area contributed by atoms with Crippen LogP contribution in [0.25, 0.3) is 10.2 Å². The molecule has 2 rings (SSSR count). The van der Waals surface area contributed by atoms with Crippen molar-refractivity contribution in [2.75, 3.05) is 24.1 Å². The van der Waals surface area contributed by atoms with Crippen molar-refractivity contribution in [3.05, 3.63) is 18.2 Å². The lowest BCUT2D eigenvalue weighted by atomic mass is 10.2. The first-order valence-electron chi connectivity index (χ1n) is 7.23. The molecule has 114 valence electrons. The van der Waals surface area contributed by atoms with E-state index in [1.54, 1.807) is 0 Å². The number of aromatic nitrogens is 1. The minimum Gasteiger partial charge on any atom is -0.399 e. The molecule has 0 aliphatic rings. The lowest BCUT2D eigenvalue weighted by Crippen LogP contribution is -2.38. The smallest absolute Gasteiger partial charge is 0.240 e. The van der Waals surface area contributed by atoms with Gasteiger partial charge in [-0.05, 0) is 38.1 Å². The second-order valence-electron chi connectivity index (χ2n) is 5.11. The highest BCUT2D eigenvalue weighted by atomic mass is 32.1. The number of fused-ring (bicyclic) bond motifs is 1. The van der Waals surface area contributed by atoms with Crippen LogP contribution >= 0.6 is 11.3 Å². The topological polar surface area (TPSA) is 71.2 Å². The molecule has 1 aromatic carbocycles. The molecule has 2 aromatic rings. The molecule has 6 heteroatoms. The van der Waals surface area contributed by atoms with E-state index in [0.29, 0.717) is 23.4 Å². The van der Waals surface area contributed by atoms with Crippen LogP contribution in [0.4, 0.5) is 10.8 Å². The van der Waals surface area contributed by atoms with Crippen molar-refractivity contribution in [2.45, 2.75) is 33.2 Å². The van der Waals surface area contributed by atoms with Gasteiger partial charge in [-0.1, -0.05) is 25.2 Å². The number of hydrogen-bond donors (Lipinski definition) is 2. The summed E-state index contributed by atoms with van der Waals surface area (Å²) in [6.45, 7) is 7.59. The molecule has 1 heterocycles. The number of carbonyl (C=O) groups is 1. The Morgan fingerprint density at radius 2 is 2.24 bits per heavy atom. The molecule has 21 heavy (non-hydrogen) atoms. The molecule has 0 fully saturated rings. The fourth-order valence-electron chi connectivity index (χ4n) is 2.18. The first-order valence-corrected chi connectivity index (χ1v) is 8.05. The van der Waals surface area contributed by atoms with Crippen molar-refractivity contribution < 1.29 is 4.79 Å². The predicted molar refractivity (Wildman–Crippen MR) is 89.7 cm³/mol. The van der Waals surface area contributed by atoms with Gasteiger partial charge in [-0.3, -0.25) is 9.69 Å². The summed E-state index contributed by atoms with van der Waals surface area (Å²) in [7, 11) is 0. The van der Waals surface area contributed by atoms with E-state index in [9.17, 15) is 4.79 Å². The quantitative estimate of drug-likeness (QED) is 0.805. The molecule has 3 N–H and O–H groups in total. The monoisotopic (exact) mass is 306 g/mol. The van der Waals surface area contributed by atoms with E-state index < -0.39 is 0 Å². The molecular weight excluding hydrogens is 284 g/mol. The Labute approximate surface area is 129 Å². The molecule has 0 aliphatic carbocycles. The molecule has 0 saturated carbocycles. The molecule has 0 aliphatic heterocycles. The summed E-state index contributed by atoms with van der Waals surface area (Å²) in [4.78, 5) is 18.7. The van der Waals surface area contributed by atoms with Crippen molar-refractivity contribution in [2.24, 2.45) is 0 Å². The van der Waals surface area contributed by atoms with Crippen molar-refractivity contribution in [1.82, 2.24) is 9.88 Å². The first kappa shape index (κ1) is 15.7. The minimum atomic E-state index is -0.0239. The molecule has 1 aromatic heterocycles. The van der Waals surface area contributed by atoms with Crippen molar-refractivity contribution in [3.63, 3.8) is 0 Å². The maximum atomic E-state index is 12.1. The summed E-state index contributed by atoms with van der Waals surface area (Å²) in [5, 5.41) is 3.51. The maximum absolute atomic E-state index is 12.1. The number of nitrogens with one attached hydrogen (secondary N) is 1. The van der Waals surface area contributed by atoms with Crippen LogP contribution in [0.2, 0.25) is 0 Å². The number of anilines is 2. The Morgan fingerprint density at radius 3 is 2.90 bits per heavy atom. The third kappa shape index (κ3) is 3.92. The molecule has 1 amide bonds. The number of amides is 1. The van der Waals surface area contributed by atoms with Crippen LogP contribution in [-0.2, 0) is 4.79 Å². The lowest BCUT2D eigenvalue weighted by Gasteiger charge is -2.25. The minimum absolute atomic E-state index is 0.0239. The maximum Gasteiger partial charge on any atom is 0.240 e. The summed E-state index contributed by atoms with van der Waals surface area (Å²) in [6.07, 6.45) is 1.03. The molecule has 1 atom stereocenters. The highest BCUT2D eigenvalue weighted by molar-refractivity contribution is 7.22. The van der Waals surface area contributed by atoms with E-state index in [4.69, 9.17) is 5.73 Å². The Bertz CT molecular complexity index is 625. The highest BCUT2D eigenvalue weighted by Crippen LogP contribution is 2.27. The average Bonchev–Trinajstić information content (AvgIpc) is 2.84. The summed E-state index contributed by atoms with van der Waals surface area (Å²) >= 11 is 1.45. The van der Waals surface area contributed by atoms with Crippen LogP contribution in [0, 0.1) is 0 Å². The van der Waals surface area contributed by atoms with Gasteiger partial charge in [0, 0.05) is 11.7 Å². The van der Waals surface area contributed by atoms with E-state index >= 15 is 0 Å². The van der Waals surface area contributed by atoms with Gasteiger partial charge in [0.15, 0.2) is 5.13 Å². The molecular formula is C15H22N4OS. The molecule has 0 spiro atoms. The molecule has 1 unspecified atom stereocenters. The van der Waals surface area contributed by atoms with Crippen LogP contribution in [0.15, 0.2) is 18.2 Å². The van der Waals surface area contributed by atoms with Crippen LogP contribution in [0.3, 0.4) is 0 Å². The van der Waals surface area contributed by atoms with Gasteiger partial charge in [-0.15, -0.1) is 0 Å². The Morgan fingerprint density at radius 1 is 1.48 bits per heavy atom. The van der Waals surface area contributed by atoms with Crippen LogP contribution < -0.4 is 11.1 Å². The number of nitrogens with two attached hydrogens (primary N) is 1.